The first-order valence-corrected chi connectivity index (χ1v) is 13.2. The highest BCUT2D eigenvalue weighted by Gasteiger charge is 2.20. The van der Waals surface area contributed by atoms with Gasteiger partial charge in [0.2, 0.25) is 0 Å². The number of amides is 2. The van der Waals surface area contributed by atoms with Crippen molar-refractivity contribution in [1.82, 2.24) is 9.88 Å². The maximum atomic E-state index is 12.8. The molecule has 0 aliphatic rings. The number of aromatic nitrogens is 1. The molecule has 34 heavy (non-hydrogen) atoms. The third-order valence-electron chi connectivity index (χ3n) is 5.77. The van der Waals surface area contributed by atoms with Crippen molar-refractivity contribution in [2.75, 3.05) is 11.6 Å². The van der Waals surface area contributed by atoms with Crippen LogP contribution in [0.5, 0.6) is 0 Å². The predicted octanol–water partition coefficient (Wildman–Crippen LogP) is 7.46. The zero-order chi connectivity index (χ0) is 23.3. The molecular formula is C28H25N3OS2. The van der Waals surface area contributed by atoms with Crippen LogP contribution in [0.25, 0.3) is 21.5 Å². The van der Waals surface area contributed by atoms with Crippen LogP contribution in [0, 0.1) is 0 Å². The molecule has 0 aliphatic heterocycles. The van der Waals surface area contributed by atoms with Crippen LogP contribution in [0.3, 0.4) is 0 Å². The molecule has 0 atom stereocenters. The van der Waals surface area contributed by atoms with E-state index in [1.807, 2.05) is 36.6 Å². The Labute approximate surface area is 207 Å². The van der Waals surface area contributed by atoms with E-state index >= 15 is 0 Å². The van der Waals surface area contributed by atoms with Gasteiger partial charge in [-0.05, 0) is 47.5 Å². The molecule has 2 amide bonds. The second-order valence-electron chi connectivity index (χ2n) is 7.93. The van der Waals surface area contributed by atoms with Crippen molar-refractivity contribution in [2.45, 2.75) is 18.0 Å². The first-order chi connectivity index (χ1) is 16.7. The summed E-state index contributed by atoms with van der Waals surface area (Å²) in [4.78, 5) is 15.1. The Morgan fingerprint density at radius 2 is 1.76 bits per heavy atom. The molecule has 0 spiro atoms. The summed E-state index contributed by atoms with van der Waals surface area (Å²) < 4.78 is 2.37. The molecule has 4 nitrogen and oxygen atoms in total. The maximum absolute atomic E-state index is 12.8. The number of rotatable bonds is 7. The summed E-state index contributed by atoms with van der Waals surface area (Å²) in [5, 5.41) is 9.32. The van der Waals surface area contributed by atoms with Gasteiger partial charge in [0, 0.05) is 40.1 Å². The fourth-order valence-electron chi connectivity index (χ4n) is 4.22. The van der Waals surface area contributed by atoms with Gasteiger partial charge >= 0.3 is 6.03 Å². The molecule has 0 saturated carbocycles. The SMILES string of the molecule is CSc1cccc(NC(=O)NCc2c(-c3cccs3)n(Cc3ccccc3)c3ccccc23)c1. The molecule has 2 aromatic heterocycles. The Hall–Kier alpha value is -3.48. The molecule has 5 rings (SSSR count). The second kappa shape index (κ2) is 10.2. The van der Waals surface area contributed by atoms with Gasteiger partial charge in [-0.15, -0.1) is 23.1 Å². The third-order valence-corrected chi connectivity index (χ3v) is 7.37. The van der Waals surface area contributed by atoms with Crippen LogP contribution in [0.1, 0.15) is 11.1 Å². The zero-order valence-corrected chi connectivity index (χ0v) is 20.5. The summed E-state index contributed by atoms with van der Waals surface area (Å²) in [6, 6.07) is 30.8. The van der Waals surface area contributed by atoms with Gasteiger partial charge in [0.1, 0.15) is 0 Å². The minimum atomic E-state index is -0.213. The van der Waals surface area contributed by atoms with Crippen molar-refractivity contribution in [2.24, 2.45) is 0 Å². The van der Waals surface area contributed by atoms with Crippen molar-refractivity contribution in [1.29, 1.82) is 0 Å². The molecule has 0 bridgehead atoms. The molecule has 2 heterocycles. The number of carbonyl (C=O) groups excluding carboxylic acids is 1. The number of urea groups is 1. The lowest BCUT2D eigenvalue weighted by atomic mass is 10.1. The van der Waals surface area contributed by atoms with Gasteiger partial charge in [-0.25, -0.2) is 4.79 Å². The Morgan fingerprint density at radius 3 is 2.56 bits per heavy atom. The number of anilines is 1. The van der Waals surface area contributed by atoms with Crippen molar-refractivity contribution in [3.05, 3.63) is 108 Å². The van der Waals surface area contributed by atoms with E-state index in [2.05, 4.69) is 81.2 Å². The second-order valence-corrected chi connectivity index (χ2v) is 9.76. The van der Waals surface area contributed by atoms with Crippen molar-refractivity contribution in [3.8, 4) is 10.6 Å². The molecule has 0 fully saturated rings. The van der Waals surface area contributed by atoms with E-state index in [0.717, 1.165) is 33.8 Å². The summed E-state index contributed by atoms with van der Waals surface area (Å²) in [5.74, 6) is 0. The molecular weight excluding hydrogens is 458 g/mol. The first-order valence-electron chi connectivity index (χ1n) is 11.1. The van der Waals surface area contributed by atoms with Crippen molar-refractivity contribution >= 4 is 45.7 Å². The molecule has 170 valence electrons. The normalized spacial score (nSPS) is 11.0. The van der Waals surface area contributed by atoms with Gasteiger partial charge in [0.05, 0.1) is 10.6 Å². The fourth-order valence-corrected chi connectivity index (χ4v) is 5.49. The summed E-state index contributed by atoms with van der Waals surface area (Å²) in [7, 11) is 0. The molecule has 0 aliphatic carbocycles. The van der Waals surface area contributed by atoms with E-state index < -0.39 is 0 Å². The van der Waals surface area contributed by atoms with Gasteiger partial charge in [-0.3, -0.25) is 0 Å². The molecule has 6 heteroatoms. The molecule has 0 unspecified atom stereocenters. The highest BCUT2D eigenvalue weighted by molar-refractivity contribution is 7.98. The summed E-state index contributed by atoms with van der Waals surface area (Å²) >= 11 is 3.37. The minimum Gasteiger partial charge on any atom is -0.335 e. The number of thiophene rings is 1. The number of carbonyl (C=O) groups is 1. The number of hydrogen-bond donors (Lipinski definition) is 2. The summed E-state index contributed by atoms with van der Waals surface area (Å²) in [6.45, 7) is 1.20. The Bertz CT molecular complexity index is 1410. The van der Waals surface area contributed by atoms with Gasteiger partial charge in [-0.1, -0.05) is 60.7 Å². The molecule has 0 radical (unpaired) electrons. The van der Waals surface area contributed by atoms with Gasteiger partial charge < -0.3 is 15.2 Å². The molecule has 5 aromatic rings. The lowest BCUT2D eigenvalue weighted by molar-refractivity contribution is 0.252. The van der Waals surface area contributed by atoms with Crippen LogP contribution < -0.4 is 10.6 Å². The van der Waals surface area contributed by atoms with Crippen LogP contribution in [-0.2, 0) is 13.1 Å². The lowest BCUT2D eigenvalue weighted by Crippen LogP contribution is -2.28. The van der Waals surface area contributed by atoms with E-state index in [1.54, 1.807) is 23.1 Å². The molecule has 3 aromatic carbocycles. The van der Waals surface area contributed by atoms with Crippen LogP contribution in [0.15, 0.2) is 101 Å². The fraction of sp³-hybridized carbons (Fsp3) is 0.107. The van der Waals surface area contributed by atoms with Crippen LogP contribution in [0.4, 0.5) is 10.5 Å². The van der Waals surface area contributed by atoms with Crippen LogP contribution >= 0.6 is 23.1 Å². The van der Waals surface area contributed by atoms with E-state index in [1.165, 1.54) is 16.0 Å². The van der Waals surface area contributed by atoms with Crippen LogP contribution in [-0.4, -0.2) is 16.9 Å². The summed E-state index contributed by atoms with van der Waals surface area (Å²) in [6.07, 6.45) is 2.02. The number of para-hydroxylation sites is 1. The minimum absolute atomic E-state index is 0.213. The quantitative estimate of drug-likeness (QED) is 0.236. The Morgan fingerprint density at radius 1 is 0.941 bits per heavy atom. The monoisotopic (exact) mass is 483 g/mol. The van der Waals surface area contributed by atoms with E-state index in [0.29, 0.717) is 6.54 Å². The number of nitrogens with one attached hydrogen (secondary N) is 2. The number of thioether (sulfide) groups is 1. The maximum Gasteiger partial charge on any atom is 0.319 e. The lowest BCUT2D eigenvalue weighted by Gasteiger charge is -2.13. The van der Waals surface area contributed by atoms with Gasteiger partial charge in [0.15, 0.2) is 0 Å². The van der Waals surface area contributed by atoms with Crippen molar-refractivity contribution in [3.63, 3.8) is 0 Å². The smallest absolute Gasteiger partial charge is 0.319 e. The highest BCUT2D eigenvalue weighted by Crippen LogP contribution is 2.36. The van der Waals surface area contributed by atoms with E-state index in [4.69, 9.17) is 0 Å². The van der Waals surface area contributed by atoms with E-state index in [9.17, 15) is 4.79 Å². The predicted molar refractivity (Wildman–Crippen MR) is 145 cm³/mol. The summed E-state index contributed by atoms with van der Waals surface area (Å²) in [5.41, 5.74) is 5.48. The van der Waals surface area contributed by atoms with Crippen LogP contribution in [0.2, 0.25) is 0 Å². The first kappa shape index (κ1) is 22.3. The van der Waals surface area contributed by atoms with Gasteiger partial charge in [-0.2, -0.15) is 0 Å². The highest BCUT2D eigenvalue weighted by atomic mass is 32.2. The van der Waals surface area contributed by atoms with Gasteiger partial charge in [0.25, 0.3) is 0 Å². The standard InChI is InChI=1S/C28H25N3OS2/c1-33-22-12-7-11-21(17-22)30-28(32)29-18-24-23-13-5-6-14-25(23)31(19-20-9-3-2-4-10-20)27(24)26-15-8-16-34-26/h2-17H,18-19H2,1H3,(H2,29,30,32). The largest absolute Gasteiger partial charge is 0.335 e. The molecule has 2 N–H and O–H groups in total. The zero-order valence-electron chi connectivity index (χ0n) is 18.8. The number of fused-ring (bicyclic) bond motifs is 1. The van der Waals surface area contributed by atoms with Crippen molar-refractivity contribution < 1.29 is 4.79 Å². The third kappa shape index (κ3) is 4.74. The number of benzene rings is 3. The number of hydrogen-bond acceptors (Lipinski definition) is 3. The van der Waals surface area contributed by atoms with E-state index in [-0.39, 0.29) is 6.03 Å². The molecule has 0 saturated heterocycles. The number of nitrogens with zero attached hydrogens (tertiary/aromatic N) is 1. The Balaban J connectivity index is 1.49. The average Bonchev–Trinajstić information content (AvgIpc) is 3.50. The average molecular weight is 484 g/mol. The Kier molecular flexibility index (Phi) is 6.70. The topological polar surface area (TPSA) is 46.1 Å².